The van der Waals surface area contributed by atoms with E-state index in [1.54, 1.807) is 18.2 Å². The Morgan fingerprint density at radius 1 is 1.07 bits per heavy atom. The minimum absolute atomic E-state index is 0.198. The number of ether oxygens (including phenoxy) is 2. The molecular weight excluding hydrogens is 379 g/mol. The Balaban J connectivity index is 2.09. The molecule has 0 atom stereocenters. The summed E-state index contributed by atoms with van der Waals surface area (Å²) in [6, 6.07) is 9.27. The number of imide groups is 2. The fourth-order valence-electron chi connectivity index (χ4n) is 2.83. The minimum atomic E-state index is -1.02. The van der Waals surface area contributed by atoms with Gasteiger partial charge >= 0.3 is 6.03 Å². The smallest absolute Gasteiger partial charge is 0.336 e. The highest BCUT2D eigenvalue weighted by Crippen LogP contribution is 2.34. The van der Waals surface area contributed by atoms with E-state index in [-0.39, 0.29) is 17.4 Å². The molecule has 0 aromatic heterocycles. The lowest BCUT2D eigenvalue weighted by Gasteiger charge is -2.26. The van der Waals surface area contributed by atoms with Crippen LogP contribution in [0.5, 0.6) is 11.5 Å². The molecule has 1 aliphatic heterocycles. The average Bonchev–Trinajstić information content (AvgIpc) is 2.67. The Morgan fingerprint density at radius 2 is 1.79 bits per heavy atom. The Labute approximate surface area is 166 Å². The van der Waals surface area contributed by atoms with Crippen LogP contribution in [0.15, 0.2) is 48.0 Å². The standard InChI is InChI=1S/C21H19FN2O5/c1-12(2)29-18-13(7-6-10-17(18)28-3)11-14-19(25)23-21(27)24(20(14)26)16-9-5-4-8-15(16)22/h4-12H,1-3H3,(H,23,25,27)/b14-11+. The van der Waals surface area contributed by atoms with E-state index in [0.717, 1.165) is 6.07 Å². The van der Waals surface area contributed by atoms with Crippen molar-refractivity contribution in [2.45, 2.75) is 20.0 Å². The monoisotopic (exact) mass is 398 g/mol. The molecule has 0 spiro atoms. The molecule has 0 saturated carbocycles. The van der Waals surface area contributed by atoms with Crippen molar-refractivity contribution in [1.29, 1.82) is 0 Å². The van der Waals surface area contributed by atoms with Crippen LogP contribution in [-0.2, 0) is 9.59 Å². The third-order valence-electron chi connectivity index (χ3n) is 4.08. The third-order valence-corrected chi connectivity index (χ3v) is 4.08. The molecule has 0 bridgehead atoms. The van der Waals surface area contributed by atoms with Gasteiger partial charge in [-0.05, 0) is 38.1 Å². The molecule has 1 N–H and O–H groups in total. The van der Waals surface area contributed by atoms with Gasteiger partial charge in [0.25, 0.3) is 11.8 Å². The highest BCUT2D eigenvalue weighted by atomic mass is 19.1. The van der Waals surface area contributed by atoms with Crippen LogP contribution < -0.4 is 19.7 Å². The second-order valence-electron chi connectivity index (χ2n) is 6.45. The lowest BCUT2D eigenvalue weighted by molar-refractivity contribution is -0.122. The van der Waals surface area contributed by atoms with E-state index < -0.39 is 23.7 Å². The van der Waals surface area contributed by atoms with Gasteiger partial charge in [0.1, 0.15) is 11.4 Å². The maximum absolute atomic E-state index is 14.2. The Morgan fingerprint density at radius 3 is 2.45 bits per heavy atom. The number of hydrogen-bond donors (Lipinski definition) is 1. The van der Waals surface area contributed by atoms with Crippen LogP contribution in [0.3, 0.4) is 0 Å². The molecule has 1 saturated heterocycles. The molecule has 29 heavy (non-hydrogen) atoms. The number of rotatable bonds is 5. The van der Waals surface area contributed by atoms with Gasteiger partial charge in [0.15, 0.2) is 11.5 Å². The zero-order valence-electron chi connectivity index (χ0n) is 16.1. The normalized spacial score (nSPS) is 15.7. The van der Waals surface area contributed by atoms with Gasteiger partial charge in [0.2, 0.25) is 0 Å². The van der Waals surface area contributed by atoms with Crippen molar-refractivity contribution < 1.29 is 28.2 Å². The van der Waals surface area contributed by atoms with Crippen molar-refractivity contribution in [3.05, 3.63) is 59.4 Å². The van der Waals surface area contributed by atoms with Gasteiger partial charge in [-0.25, -0.2) is 14.1 Å². The van der Waals surface area contributed by atoms with Gasteiger partial charge in [-0.3, -0.25) is 14.9 Å². The van der Waals surface area contributed by atoms with Crippen LogP contribution in [0.25, 0.3) is 6.08 Å². The first kappa shape index (κ1) is 20.1. The maximum atomic E-state index is 14.2. The van der Waals surface area contributed by atoms with Crippen LogP contribution in [0, 0.1) is 5.82 Å². The molecular formula is C21H19FN2O5. The van der Waals surface area contributed by atoms with E-state index in [4.69, 9.17) is 9.47 Å². The predicted molar refractivity (Wildman–Crippen MR) is 104 cm³/mol. The molecule has 1 aliphatic rings. The maximum Gasteiger partial charge on any atom is 0.336 e. The van der Waals surface area contributed by atoms with Gasteiger partial charge in [0.05, 0.1) is 18.9 Å². The first-order valence-corrected chi connectivity index (χ1v) is 8.83. The van der Waals surface area contributed by atoms with Crippen molar-refractivity contribution in [3.63, 3.8) is 0 Å². The van der Waals surface area contributed by atoms with Gasteiger partial charge < -0.3 is 9.47 Å². The lowest BCUT2D eigenvalue weighted by Crippen LogP contribution is -2.54. The van der Waals surface area contributed by atoms with Crippen LogP contribution in [0.4, 0.5) is 14.9 Å². The zero-order valence-corrected chi connectivity index (χ0v) is 16.1. The van der Waals surface area contributed by atoms with Gasteiger partial charge in [0, 0.05) is 5.56 Å². The molecule has 3 rings (SSSR count). The molecule has 2 aromatic rings. The highest BCUT2D eigenvalue weighted by Gasteiger charge is 2.38. The Kier molecular flexibility index (Phi) is 5.63. The summed E-state index contributed by atoms with van der Waals surface area (Å²) in [5, 5.41) is 2.06. The van der Waals surface area contributed by atoms with E-state index in [9.17, 15) is 18.8 Å². The van der Waals surface area contributed by atoms with Gasteiger partial charge in [-0.1, -0.05) is 24.3 Å². The number of para-hydroxylation sites is 2. The van der Waals surface area contributed by atoms with Crippen LogP contribution >= 0.6 is 0 Å². The SMILES string of the molecule is COc1cccc(/C=C2\C(=O)NC(=O)N(c3ccccc3F)C2=O)c1OC(C)C. The number of methoxy groups -OCH3 is 1. The van der Waals surface area contributed by atoms with Crippen molar-refractivity contribution >= 4 is 29.6 Å². The van der Waals surface area contributed by atoms with Crippen molar-refractivity contribution in [3.8, 4) is 11.5 Å². The zero-order chi connectivity index (χ0) is 21.1. The number of anilines is 1. The van der Waals surface area contributed by atoms with E-state index in [1.165, 1.54) is 31.4 Å². The quantitative estimate of drug-likeness (QED) is 0.617. The summed E-state index contributed by atoms with van der Waals surface area (Å²) in [4.78, 5) is 38.1. The number of carbonyl (C=O) groups is 3. The molecule has 4 amide bonds. The summed E-state index contributed by atoms with van der Waals surface area (Å²) in [5.74, 6) is -1.84. The second-order valence-corrected chi connectivity index (χ2v) is 6.45. The number of urea groups is 1. The van der Waals surface area contributed by atoms with Crippen molar-refractivity contribution in [1.82, 2.24) is 5.32 Å². The number of halogens is 1. The summed E-state index contributed by atoms with van der Waals surface area (Å²) in [7, 11) is 1.47. The number of benzene rings is 2. The number of carbonyl (C=O) groups excluding carboxylic acids is 3. The number of hydrogen-bond acceptors (Lipinski definition) is 5. The number of nitrogens with zero attached hydrogens (tertiary/aromatic N) is 1. The minimum Gasteiger partial charge on any atom is -0.493 e. The topological polar surface area (TPSA) is 84.9 Å². The van der Waals surface area contributed by atoms with E-state index in [2.05, 4.69) is 5.32 Å². The second kappa shape index (κ2) is 8.14. The van der Waals surface area contributed by atoms with E-state index in [1.807, 2.05) is 13.8 Å². The van der Waals surface area contributed by atoms with E-state index >= 15 is 0 Å². The number of amides is 4. The largest absolute Gasteiger partial charge is 0.493 e. The molecule has 2 aromatic carbocycles. The fourth-order valence-corrected chi connectivity index (χ4v) is 2.83. The van der Waals surface area contributed by atoms with Gasteiger partial charge in [-0.15, -0.1) is 0 Å². The summed E-state index contributed by atoms with van der Waals surface area (Å²) < 4.78 is 25.2. The fraction of sp³-hybridized carbons (Fsp3) is 0.190. The van der Waals surface area contributed by atoms with Crippen molar-refractivity contribution in [2.24, 2.45) is 0 Å². The molecule has 8 heteroatoms. The highest BCUT2D eigenvalue weighted by molar-refractivity contribution is 6.39. The number of nitrogens with one attached hydrogen (secondary N) is 1. The Hall–Kier alpha value is -3.68. The van der Waals surface area contributed by atoms with Crippen LogP contribution in [0.2, 0.25) is 0 Å². The predicted octanol–water partition coefficient (Wildman–Crippen LogP) is 3.29. The molecule has 0 radical (unpaired) electrons. The third kappa shape index (κ3) is 3.96. The van der Waals surface area contributed by atoms with E-state index in [0.29, 0.717) is 22.0 Å². The van der Waals surface area contributed by atoms with Gasteiger partial charge in [-0.2, -0.15) is 0 Å². The van der Waals surface area contributed by atoms with Crippen molar-refractivity contribution in [2.75, 3.05) is 12.0 Å². The summed E-state index contributed by atoms with van der Waals surface area (Å²) in [6.07, 6.45) is 1.09. The summed E-state index contributed by atoms with van der Waals surface area (Å²) >= 11 is 0. The lowest BCUT2D eigenvalue weighted by atomic mass is 10.1. The number of barbiturate groups is 1. The first-order chi connectivity index (χ1) is 13.8. The summed E-state index contributed by atoms with van der Waals surface area (Å²) in [5.41, 5.74) is -0.188. The molecule has 1 fully saturated rings. The molecule has 150 valence electrons. The van der Waals surface area contributed by atoms with Crippen LogP contribution in [0.1, 0.15) is 19.4 Å². The molecule has 0 unspecified atom stereocenters. The molecule has 1 heterocycles. The molecule has 7 nitrogen and oxygen atoms in total. The van der Waals surface area contributed by atoms with Crippen LogP contribution in [-0.4, -0.2) is 31.1 Å². The first-order valence-electron chi connectivity index (χ1n) is 8.83. The molecule has 0 aliphatic carbocycles. The summed E-state index contributed by atoms with van der Waals surface area (Å²) in [6.45, 7) is 3.64. The Bertz CT molecular complexity index is 1020. The average molecular weight is 398 g/mol.